The lowest BCUT2D eigenvalue weighted by molar-refractivity contribution is -0.149. The van der Waals surface area contributed by atoms with E-state index in [0.29, 0.717) is 17.8 Å². The third-order valence-electron chi connectivity index (χ3n) is 12.3. The molecule has 0 spiro atoms. The summed E-state index contributed by atoms with van der Waals surface area (Å²) < 4.78 is 39.3. The fourth-order valence-electron chi connectivity index (χ4n) is 7.72. The smallest absolute Gasteiger partial charge is 0.302 e. The van der Waals surface area contributed by atoms with Crippen LogP contribution in [-0.2, 0) is 18.4 Å². The molecule has 0 amide bonds. The van der Waals surface area contributed by atoms with Gasteiger partial charge >= 0.3 is 5.97 Å². The maximum atomic E-state index is 11.9. The molecule has 224 valence electrons. The van der Waals surface area contributed by atoms with Crippen LogP contribution in [0.3, 0.4) is 0 Å². The van der Waals surface area contributed by atoms with Crippen LogP contribution >= 0.6 is 0 Å². The van der Waals surface area contributed by atoms with Crippen LogP contribution in [-0.4, -0.2) is 41.4 Å². The van der Waals surface area contributed by atoms with E-state index < -0.39 is 29.3 Å². The van der Waals surface area contributed by atoms with Crippen molar-refractivity contribution in [2.45, 2.75) is 155 Å². The molecule has 0 unspecified atom stereocenters. The molecule has 0 aliphatic heterocycles. The molecule has 3 saturated carbocycles. The lowest BCUT2D eigenvalue weighted by atomic mass is 9.47. The van der Waals surface area contributed by atoms with Gasteiger partial charge in [0.15, 0.2) is 16.6 Å². The van der Waals surface area contributed by atoms with Crippen molar-refractivity contribution in [2.24, 2.45) is 28.6 Å². The van der Waals surface area contributed by atoms with Crippen LogP contribution in [0.5, 0.6) is 0 Å². The molecule has 4 aliphatic carbocycles. The van der Waals surface area contributed by atoms with Gasteiger partial charge in [0.2, 0.25) is 0 Å². The Morgan fingerprint density at radius 2 is 1.64 bits per heavy atom. The summed E-state index contributed by atoms with van der Waals surface area (Å²) in [6.45, 7) is 25.9. The first-order valence-electron chi connectivity index (χ1n) is 16.8. The summed E-state index contributed by atoms with van der Waals surface area (Å²) in [5.41, 5.74) is 0.749. The van der Waals surface area contributed by atoms with Crippen LogP contribution in [0.2, 0.25) is 36.3 Å². The minimum absolute atomic E-state index is 0.0261. The van der Waals surface area contributed by atoms with Crippen molar-refractivity contribution in [2.75, 3.05) is 6.58 Å². The zero-order valence-corrected chi connectivity index (χ0v) is 29.3. The van der Waals surface area contributed by atoms with Crippen LogP contribution in [0.1, 0.15) is 109 Å². The maximum absolute atomic E-state index is 11.9. The van der Waals surface area contributed by atoms with Gasteiger partial charge in [0, 0.05) is 25.3 Å². The summed E-state index contributed by atoms with van der Waals surface area (Å²) in [5.74, 6) is 0.962. The summed E-state index contributed by atoms with van der Waals surface area (Å²) in [7, 11) is -4.31. The predicted molar refractivity (Wildman–Crippen MR) is 167 cm³/mol. The van der Waals surface area contributed by atoms with Gasteiger partial charge in [-0.1, -0.05) is 60.1 Å². The highest BCUT2D eigenvalue weighted by molar-refractivity contribution is 6.74. The van der Waals surface area contributed by atoms with Gasteiger partial charge in [-0.2, -0.15) is 0 Å². The van der Waals surface area contributed by atoms with Gasteiger partial charge < -0.3 is 13.6 Å². The van der Waals surface area contributed by atoms with Gasteiger partial charge in [-0.15, -0.1) is 0 Å². The van der Waals surface area contributed by atoms with Crippen molar-refractivity contribution in [1.29, 1.82) is 0 Å². The number of allylic oxidation sites excluding steroid dienone is 1. The SMILES string of the molecule is [2H][C@@H](O[Si](C)(C)C(C)(C)C)[C@]12CC[C@H](OC(C)=O)CC1=CC[C@@H]1[C@@H]2CC[C@@]2(C)[C@H]1CC[C@]2([2H])O[Si](C)(C)C(C)(C)C. The van der Waals surface area contributed by atoms with Crippen LogP contribution < -0.4 is 0 Å². The molecule has 8 atom stereocenters. The van der Waals surface area contributed by atoms with E-state index in [1.807, 2.05) is 0 Å². The second-order valence-electron chi connectivity index (χ2n) is 16.6. The number of ether oxygens (including phenoxy) is 1. The molecular formula is C33H60O4Si2. The van der Waals surface area contributed by atoms with Crippen molar-refractivity contribution in [3.05, 3.63) is 11.6 Å². The first kappa shape index (κ1) is 28.7. The molecular weight excluding hydrogens is 517 g/mol. The molecule has 0 bridgehead atoms. The van der Waals surface area contributed by atoms with Crippen LogP contribution in [0, 0.1) is 28.6 Å². The fourth-order valence-corrected chi connectivity index (χ4v) is 9.83. The van der Waals surface area contributed by atoms with Gasteiger partial charge in [0.25, 0.3) is 0 Å². The standard InChI is InChI=1S/C33H60O4Si2/c1-23(34)36-25-17-20-33(22-35-38(9,10)30(2,3)4)24(21-25)13-14-26-27-15-16-29(32(27,8)19-18-28(26)33)37-39(11,12)31(5,6)7/h13,25-29H,14-22H2,1-12H3/t25-,26-,27-,28-,29-,32-,33+/m0/s1/i22D,29D/t22-,25+,26+,27+,28+,29+,32+,33-/m1. The minimum Gasteiger partial charge on any atom is -0.462 e. The molecule has 0 N–H and O–H groups in total. The summed E-state index contributed by atoms with van der Waals surface area (Å²) in [6.07, 6.45) is 8.57. The number of carbonyl (C=O) groups is 1. The summed E-state index contributed by atoms with van der Waals surface area (Å²) in [4.78, 5) is 11.9. The molecule has 0 saturated heterocycles. The molecule has 6 heteroatoms. The van der Waals surface area contributed by atoms with Crippen LogP contribution in [0.15, 0.2) is 11.6 Å². The predicted octanol–water partition coefficient (Wildman–Crippen LogP) is 9.27. The Kier molecular flexibility index (Phi) is 7.63. The molecule has 0 aromatic heterocycles. The average Bonchev–Trinajstić information content (AvgIpc) is 3.06. The van der Waals surface area contributed by atoms with Gasteiger partial charge in [-0.3, -0.25) is 4.79 Å². The Bertz CT molecular complexity index is 1050. The Balaban J connectivity index is 1.71. The Hall–Kier alpha value is -0.436. The van der Waals surface area contributed by atoms with Gasteiger partial charge in [-0.25, -0.2) is 0 Å². The normalized spacial score (nSPS) is 40.9. The lowest BCUT2D eigenvalue weighted by Gasteiger charge is -2.59. The van der Waals surface area contributed by atoms with E-state index in [1.54, 1.807) is 0 Å². The number of hydrogen-bond acceptors (Lipinski definition) is 4. The topological polar surface area (TPSA) is 44.8 Å². The zero-order valence-electron chi connectivity index (χ0n) is 29.3. The van der Waals surface area contributed by atoms with E-state index in [-0.39, 0.29) is 33.0 Å². The molecule has 0 heterocycles. The number of carbonyl (C=O) groups excluding carboxylic acids is 1. The third kappa shape index (κ3) is 5.67. The highest BCUT2D eigenvalue weighted by Crippen LogP contribution is 2.66. The van der Waals surface area contributed by atoms with E-state index in [2.05, 4.69) is 80.7 Å². The van der Waals surface area contributed by atoms with E-state index >= 15 is 0 Å². The molecule has 4 rings (SSSR count). The average molecular weight is 579 g/mol. The maximum Gasteiger partial charge on any atom is 0.302 e. The summed E-state index contributed by atoms with van der Waals surface area (Å²) in [5, 5.41) is 0.0949. The molecule has 4 nitrogen and oxygen atoms in total. The van der Waals surface area contributed by atoms with Crippen molar-refractivity contribution in [3.63, 3.8) is 0 Å². The molecule has 3 fully saturated rings. The first-order valence-corrected chi connectivity index (χ1v) is 21.5. The van der Waals surface area contributed by atoms with Crippen molar-refractivity contribution < 1.29 is 21.1 Å². The highest BCUT2D eigenvalue weighted by Gasteiger charge is 2.61. The Morgan fingerprint density at radius 1 is 1.00 bits per heavy atom. The monoisotopic (exact) mass is 578 g/mol. The molecule has 0 aromatic rings. The first-order chi connectivity index (χ1) is 18.5. The molecule has 0 radical (unpaired) electrons. The van der Waals surface area contributed by atoms with Crippen molar-refractivity contribution in [3.8, 4) is 0 Å². The number of fused-ring (bicyclic) bond motifs is 5. The second-order valence-corrected chi connectivity index (χ2v) is 26.1. The lowest BCUT2D eigenvalue weighted by Crippen LogP contribution is -2.56. The van der Waals surface area contributed by atoms with Crippen LogP contribution in [0.25, 0.3) is 0 Å². The van der Waals surface area contributed by atoms with Gasteiger partial charge in [0.1, 0.15) is 6.10 Å². The summed E-state index contributed by atoms with van der Waals surface area (Å²) >= 11 is 0. The number of hydrogen-bond donors (Lipinski definition) is 0. The molecule has 0 aromatic carbocycles. The number of rotatable bonds is 6. The van der Waals surface area contributed by atoms with E-state index in [1.165, 1.54) is 12.5 Å². The minimum atomic E-state index is -2.19. The van der Waals surface area contributed by atoms with Crippen molar-refractivity contribution in [1.82, 2.24) is 0 Å². The van der Waals surface area contributed by atoms with E-state index in [4.69, 9.17) is 13.6 Å². The van der Waals surface area contributed by atoms with Gasteiger partial charge in [-0.05, 0) is 104 Å². The number of esters is 1. The van der Waals surface area contributed by atoms with Gasteiger partial charge in [0.05, 0.1) is 8.82 Å². The quantitative estimate of drug-likeness (QED) is 0.179. The second kappa shape index (κ2) is 10.4. The van der Waals surface area contributed by atoms with E-state index in [9.17, 15) is 7.54 Å². The summed E-state index contributed by atoms with van der Waals surface area (Å²) in [6, 6.07) is 0. The molecule has 39 heavy (non-hydrogen) atoms. The largest absolute Gasteiger partial charge is 0.462 e. The zero-order chi connectivity index (χ0) is 31.0. The third-order valence-corrected chi connectivity index (χ3v) is 20.9. The highest BCUT2D eigenvalue weighted by atomic mass is 28.4. The Labute approximate surface area is 245 Å². The van der Waals surface area contributed by atoms with Crippen LogP contribution in [0.4, 0.5) is 0 Å². The Morgan fingerprint density at radius 3 is 2.23 bits per heavy atom. The fraction of sp³-hybridized carbons (Fsp3) is 0.909. The van der Waals surface area contributed by atoms with Crippen molar-refractivity contribution >= 4 is 22.6 Å². The van der Waals surface area contributed by atoms with E-state index in [0.717, 1.165) is 51.4 Å². The molecule has 4 aliphatic rings.